The average molecular weight is 474 g/mol. The molecule has 3 nitrogen and oxygen atoms in total. The Morgan fingerprint density at radius 1 is 0.969 bits per heavy atom. The van der Waals surface area contributed by atoms with Crippen LogP contribution in [0, 0.1) is 16.7 Å². The van der Waals surface area contributed by atoms with E-state index in [0.29, 0.717) is 27.5 Å². The largest absolute Gasteiger partial charge is 0.493 e. The topological polar surface area (TPSA) is 30.5 Å². The van der Waals surface area contributed by atoms with Crippen molar-refractivity contribution in [2.75, 3.05) is 7.11 Å². The van der Waals surface area contributed by atoms with Crippen molar-refractivity contribution in [1.29, 1.82) is 0 Å². The van der Waals surface area contributed by atoms with Crippen molar-refractivity contribution < 1.29 is 9.47 Å². The number of hydrogen-bond donors (Lipinski definition) is 1. The molecule has 4 saturated carbocycles. The van der Waals surface area contributed by atoms with E-state index in [1.54, 1.807) is 13.2 Å². The first-order chi connectivity index (χ1) is 15.2. The van der Waals surface area contributed by atoms with Gasteiger partial charge in [-0.1, -0.05) is 55.2 Å². The lowest BCUT2D eigenvalue weighted by Gasteiger charge is -2.65. The summed E-state index contributed by atoms with van der Waals surface area (Å²) >= 11 is 12.4. The highest BCUT2D eigenvalue weighted by Gasteiger charge is 2.59. The van der Waals surface area contributed by atoms with Crippen LogP contribution in [0.15, 0.2) is 36.4 Å². The van der Waals surface area contributed by atoms with Crippen molar-refractivity contribution in [3.05, 3.63) is 57.6 Å². The summed E-state index contributed by atoms with van der Waals surface area (Å²) in [6.07, 6.45) is 8.07. The van der Waals surface area contributed by atoms with Gasteiger partial charge in [0.25, 0.3) is 0 Å². The minimum Gasteiger partial charge on any atom is -0.493 e. The first-order valence-electron chi connectivity index (χ1n) is 11.7. The van der Waals surface area contributed by atoms with E-state index in [-0.39, 0.29) is 5.54 Å². The van der Waals surface area contributed by atoms with E-state index in [1.807, 2.05) is 24.3 Å². The summed E-state index contributed by atoms with van der Waals surface area (Å²) in [5, 5.41) is 5.26. The SMILES string of the molecule is COc1cccc(CNC23CC4C[C@@](C)(C2)C[C@](C)(C4)C3)c1OCc1ccc(Cl)cc1Cl. The van der Waals surface area contributed by atoms with Gasteiger partial charge in [0.1, 0.15) is 6.61 Å². The molecule has 32 heavy (non-hydrogen) atoms. The number of para-hydroxylation sites is 1. The predicted octanol–water partition coefficient (Wildman–Crippen LogP) is 7.42. The number of methoxy groups -OCH3 is 1. The lowest BCUT2D eigenvalue weighted by Crippen LogP contribution is -2.63. The van der Waals surface area contributed by atoms with Crippen LogP contribution in [-0.2, 0) is 13.2 Å². The lowest BCUT2D eigenvalue weighted by atomic mass is 9.43. The fraction of sp³-hybridized carbons (Fsp3) is 0.556. The number of ether oxygens (including phenoxy) is 2. The number of halogens is 2. The fourth-order valence-corrected chi connectivity index (χ4v) is 8.20. The second-order valence-corrected chi connectivity index (χ2v) is 12.1. The molecule has 0 radical (unpaired) electrons. The Morgan fingerprint density at radius 2 is 1.72 bits per heavy atom. The Kier molecular flexibility index (Phi) is 5.67. The zero-order valence-corrected chi connectivity index (χ0v) is 20.8. The van der Waals surface area contributed by atoms with Crippen LogP contribution in [0.1, 0.15) is 63.5 Å². The van der Waals surface area contributed by atoms with Gasteiger partial charge >= 0.3 is 0 Å². The molecule has 0 saturated heterocycles. The Labute approximate surface area is 201 Å². The maximum absolute atomic E-state index is 6.36. The number of nitrogens with one attached hydrogen (secondary N) is 1. The van der Waals surface area contributed by atoms with Crippen molar-refractivity contribution in [2.45, 2.75) is 71.1 Å². The first kappa shape index (κ1) is 22.4. The van der Waals surface area contributed by atoms with Gasteiger partial charge in [0, 0.05) is 33.3 Å². The third kappa shape index (κ3) is 4.24. The Balaban J connectivity index is 1.35. The maximum Gasteiger partial charge on any atom is 0.166 e. The molecule has 0 amide bonds. The van der Waals surface area contributed by atoms with E-state index < -0.39 is 0 Å². The van der Waals surface area contributed by atoms with E-state index in [9.17, 15) is 0 Å². The van der Waals surface area contributed by atoms with Gasteiger partial charge in [0.2, 0.25) is 0 Å². The normalized spacial score (nSPS) is 32.8. The van der Waals surface area contributed by atoms with Crippen LogP contribution in [-0.4, -0.2) is 12.6 Å². The average Bonchev–Trinajstić information content (AvgIpc) is 2.69. The van der Waals surface area contributed by atoms with Gasteiger partial charge in [-0.3, -0.25) is 0 Å². The zero-order chi connectivity index (χ0) is 22.6. The number of rotatable bonds is 7. The molecule has 172 valence electrons. The van der Waals surface area contributed by atoms with Gasteiger partial charge in [0.05, 0.1) is 7.11 Å². The van der Waals surface area contributed by atoms with Gasteiger partial charge in [-0.25, -0.2) is 0 Å². The van der Waals surface area contributed by atoms with E-state index in [4.69, 9.17) is 32.7 Å². The molecule has 0 heterocycles. The highest BCUT2D eigenvalue weighted by molar-refractivity contribution is 6.35. The quantitative estimate of drug-likeness (QED) is 0.453. The predicted molar refractivity (Wildman–Crippen MR) is 131 cm³/mol. The minimum absolute atomic E-state index is 0.239. The highest BCUT2D eigenvalue weighted by Crippen LogP contribution is 2.66. The first-order valence-corrected chi connectivity index (χ1v) is 12.4. The molecule has 4 fully saturated rings. The van der Waals surface area contributed by atoms with Crippen molar-refractivity contribution in [2.24, 2.45) is 16.7 Å². The maximum atomic E-state index is 6.36. The van der Waals surface area contributed by atoms with Gasteiger partial charge in [0.15, 0.2) is 11.5 Å². The number of benzene rings is 2. The van der Waals surface area contributed by atoms with Crippen LogP contribution in [0.2, 0.25) is 10.0 Å². The molecule has 1 N–H and O–H groups in total. The molecule has 4 aliphatic rings. The van der Waals surface area contributed by atoms with Crippen LogP contribution >= 0.6 is 23.2 Å². The van der Waals surface area contributed by atoms with Crippen molar-refractivity contribution in [1.82, 2.24) is 5.32 Å². The van der Waals surface area contributed by atoms with E-state index in [1.165, 1.54) is 38.5 Å². The van der Waals surface area contributed by atoms with Gasteiger partial charge in [-0.05, 0) is 73.5 Å². The van der Waals surface area contributed by atoms with Crippen LogP contribution in [0.3, 0.4) is 0 Å². The molecular weight excluding hydrogens is 441 g/mol. The van der Waals surface area contributed by atoms with Crippen LogP contribution in [0.5, 0.6) is 11.5 Å². The molecule has 2 aromatic carbocycles. The summed E-state index contributed by atoms with van der Waals surface area (Å²) in [6.45, 7) is 6.18. The van der Waals surface area contributed by atoms with Crippen molar-refractivity contribution in [3.8, 4) is 11.5 Å². The van der Waals surface area contributed by atoms with Gasteiger partial charge in [-0.15, -0.1) is 0 Å². The molecule has 5 heteroatoms. The molecule has 4 bridgehead atoms. The van der Waals surface area contributed by atoms with Crippen molar-refractivity contribution >= 4 is 23.2 Å². The Hall–Kier alpha value is -1.42. The Bertz CT molecular complexity index is 1000. The van der Waals surface area contributed by atoms with Crippen LogP contribution in [0.25, 0.3) is 0 Å². The van der Waals surface area contributed by atoms with Gasteiger partial charge < -0.3 is 14.8 Å². The van der Waals surface area contributed by atoms with Gasteiger partial charge in [-0.2, -0.15) is 0 Å². The third-order valence-electron chi connectivity index (χ3n) is 7.95. The lowest BCUT2D eigenvalue weighted by molar-refractivity contribution is -0.118. The summed E-state index contributed by atoms with van der Waals surface area (Å²) in [5.41, 5.74) is 3.24. The van der Waals surface area contributed by atoms with E-state index in [2.05, 4.69) is 25.2 Å². The van der Waals surface area contributed by atoms with Crippen LogP contribution in [0.4, 0.5) is 0 Å². The number of hydrogen-bond acceptors (Lipinski definition) is 3. The highest BCUT2D eigenvalue weighted by atomic mass is 35.5. The second-order valence-electron chi connectivity index (χ2n) is 11.2. The van der Waals surface area contributed by atoms with Crippen molar-refractivity contribution in [3.63, 3.8) is 0 Å². The molecule has 0 aromatic heterocycles. The standard InChI is InChI=1S/C27H33Cl2NO2/c1-25-10-18-11-26(2,15-25)17-27(12-18,16-25)30-13-19-5-4-6-23(31-3)24(19)32-14-20-7-8-21(28)9-22(20)29/h4-9,18,30H,10-17H2,1-3H3/t18?,25-,26+,27?. The van der Waals surface area contributed by atoms with Crippen LogP contribution < -0.4 is 14.8 Å². The molecule has 2 aromatic rings. The summed E-state index contributed by atoms with van der Waals surface area (Å²) in [5.74, 6) is 2.40. The second kappa shape index (κ2) is 8.11. The molecule has 4 aliphatic carbocycles. The molecule has 0 spiro atoms. The molecular formula is C27H33Cl2NO2. The third-order valence-corrected chi connectivity index (χ3v) is 8.53. The zero-order valence-electron chi connectivity index (χ0n) is 19.3. The monoisotopic (exact) mass is 473 g/mol. The summed E-state index contributed by atoms with van der Waals surface area (Å²) < 4.78 is 11.9. The van der Waals surface area contributed by atoms with E-state index >= 15 is 0 Å². The fourth-order valence-electron chi connectivity index (χ4n) is 7.74. The summed E-state index contributed by atoms with van der Waals surface area (Å²) in [4.78, 5) is 0. The molecule has 0 aliphatic heterocycles. The van der Waals surface area contributed by atoms with E-state index in [0.717, 1.165) is 35.1 Å². The summed E-state index contributed by atoms with van der Waals surface area (Å²) in [7, 11) is 1.69. The molecule has 6 rings (SSSR count). The minimum atomic E-state index is 0.239. The molecule has 4 atom stereocenters. The smallest absolute Gasteiger partial charge is 0.166 e. The Morgan fingerprint density at radius 3 is 2.38 bits per heavy atom. The summed E-state index contributed by atoms with van der Waals surface area (Å²) in [6, 6.07) is 11.6. The molecule has 2 unspecified atom stereocenters.